The Kier molecular flexibility index (Phi) is 43.5. The Morgan fingerprint density at radius 3 is 1.22 bits per heavy atom. The van der Waals surface area contributed by atoms with Gasteiger partial charge in [-0.15, -0.1) is 0 Å². The lowest BCUT2D eigenvalue weighted by Crippen LogP contribution is -2.59. The number of carbonyl (C=O) groups is 1. The second-order valence-electron chi connectivity index (χ2n) is 16.5. The molecule has 0 radical (unpaired) electrons. The molecule has 68 heavy (non-hydrogen) atoms. The second kappa shape index (κ2) is 47.9. The normalized spacial score (nSPS) is 20.5. The van der Waals surface area contributed by atoms with Crippen LogP contribution in [0.15, 0.2) is 158 Å². The highest BCUT2D eigenvalue weighted by molar-refractivity contribution is 5.69. The van der Waals surface area contributed by atoms with Crippen LogP contribution in [-0.4, -0.2) is 89.6 Å². The predicted octanol–water partition coefficient (Wildman–Crippen LogP) is 12.8. The van der Waals surface area contributed by atoms with Gasteiger partial charge in [-0.3, -0.25) is 4.79 Å². The van der Waals surface area contributed by atoms with Gasteiger partial charge in [0.05, 0.1) is 19.8 Å². The maximum Gasteiger partial charge on any atom is 0.306 e. The third kappa shape index (κ3) is 37.8. The van der Waals surface area contributed by atoms with Crippen molar-refractivity contribution in [3.8, 4) is 0 Å². The standard InChI is InChI=1S/C59H90O9/c1-3-5-7-9-11-13-15-17-19-21-23-25-26-27-29-31-33-35-37-39-41-43-45-47-49-65-51-53(52-66-59-58(64)57(63)56(62)54(50-60)68-59)67-55(61)48-46-44-42-40-38-36-34-32-30-28-24-22-20-18-16-14-12-10-8-6-4-2/h5-8,11-14,17-20,23-25,27-29,32-35,38-41,53-54,56-60,62-64H,3-4,9-10,15-16,21-22,26,30-31,36-37,42-52H2,1-2H3/b7-5-,8-6-,13-11-,14-12-,19-17-,20-18-,25-23-,28-24-,29-27-,34-32-,35-33-,40-38-,41-39-. The number of rotatable bonds is 41. The quantitative estimate of drug-likeness (QED) is 0.0268. The molecule has 0 bridgehead atoms. The van der Waals surface area contributed by atoms with Crippen molar-refractivity contribution >= 4 is 5.97 Å². The van der Waals surface area contributed by atoms with Crippen molar-refractivity contribution in [3.05, 3.63) is 158 Å². The molecule has 380 valence electrons. The van der Waals surface area contributed by atoms with E-state index in [2.05, 4.69) is 172 Å². The zero-order valence-electron chi connectivity index (χ0n) is 41.8. The monoisotopic (exact) mass is 943 g/mol. The molecule has 0 aliphatic carbocycles. The first-order valence-corrected chi connectivity index (χ1v) is 25.6. The number of carbonyl (C=O) groups excluding carboxylic acids is 1. The number of aliphatic hydroxyl groups is 4. The Labute approximate surface area is 412 Å². The Hall–Kier alpha value is -4.19. The van der Waals surface area contributed by atoms with Crippen LogP contribution in [0.2, 0.25) is 0 Å². The van der Waals surface area contributed by atoms with E-state index in [-0.39, 0.29) is 25.6 Å². The molecule has 9 heteroatoms. The molecular weight excluding hydrogens is 853 g/mol. The van der Waals surface area contributed by atoms with Crippen molar-refractivity contribution < 1.29 is 44.2 Å². The molecule has 1 fully saturated rings. The van der Waals surface area contributed by atoms with Crippen molar-refractivity contribution in [3.63, 3.8) is 0 Å². The van der Waals surface area contributed by atoms with E-state index < -0.39 is 43.4 Å². The number of allylic oxidation sites excluding steroid dienone is 26. The van der Waals surface area contributed by atoms with E-state index in [9.17, 15) is 25.2 Å². The van der Waals surface area contributed by atoms with Crippen molar-refractivity contribution in [2.45, 2.75) is 179 Å². The summed E-state index contributed by atoms with van der Waals surface area (Å²) in [6.07, 6.45) is 67.1. The largest absolute Gasteiger partial charge is 0.457 e. The van der Waals surface area contributed by atoms with E-state index in [0.717, 1.165) is 116 Å². The molecule has 9 nitrogen and oxygen atoms in total. The first kappa shape index (κ1) is 61.8. The summed E-state index contributed by atoms with van der Waals surface area (Å²) in [6, 6.07) is 0. The molecule has 0 aromatic carbocycles. The van der Waals surface area contributed by atoms with Crippen LogP contribution >= 0.6 is 0 Å². The lowest BCUT2D eigenvalue weighted by Gasteiger charge is -2.39. The maximum atomic E-state index is 12.8. The fourth-order valence-electron chi connectivity index (χ4n) is 6.53. The molecule has 0 saturated carbocycles. The van der Waals surface area contributed by atoms with Gasteiger partial charge in [-0.05, 0) is 122 Å². The van der Waals surface area contributed by atoms with Gasteiger partial charge in [0.2, 0.25) is 0 Å². The minimum Gasteiger partial charge on any atom is -0.457 e. The Balaban J connectivity index is 2.32. The highest BCUT2D eigenvalue weighted by atomic mass is 16.7. The minimum absolute atomic E-state index is 0.0836. The summed E-state index contributed by atoms with van der Waals surface area (Å²) in [5, 5.41) is 40.3. The molecule has 1 saturated heterocycles. The molecular formula is C59H90O9. The summed E-state index contributed by atoms with van der Waals surface area (Å²) in [4.78, 5) is 12.8. The van der Waals surface area contributed by atoms with Gasteiger partial charge in [-0.2, -0.15) is 0 Å². The van der Waals surface area contributed by atoms with Crippen LogP contribution in [0.4, 0.5) is 0 Å². The third-order valence-corrected chi connectivity index (χ3v) is 10.4. The molecule has 6 atom stereocenters. The number of hydrogen-bond donors (Lipinski definition) is 4. The molecule has 0 aromatic heterocycles. The minimum atomic E-state index is -1.57. The summed E-state index contributed by atoms with van der Waals surface area (Å²) >= 11 is 0. The third-order valence-electron chi connectivity index (χ3n) is 10.4. The van der Waals surface area contributed by atoms with Gasteiger partial charge in [0.1, 0.15) is 30.5 Å². The van der Waals surface area contributed by atoms with E-state index in [1.165, 1.54) is 0 Å². The van der Waals surface area contributed by atoms with Gasteiger partial charge in [-0.25, -0.2) is 0 Å². The van der Waals surface area contributed by atoms with Crippen LogP contribution in [-0.2, 0) is 23.7 Å². The molecule has 0 amide bonds. The number of hydrogen-bond acceptors (Lipinski definition) is 9. The zero-order chi connectivity index (χ0) is 49.2. The summed E-state index contributed by atoms with van der Waals surface area (Å²) < 4.78 is 22.8. The van der Waals surface area contributed by atoms with Gasteiger partial charge < -0.3 is 39.4 Å². The smallest absolute Gasteiger partial charge is 0.306 e. The van der Waals surface area contributed by atoms with E-state index in [4.69, 9.17) is 18.9 Å². The summed E-state index contributed by atoms with van der Waals surface area (Å²) in [7, 11) is 0. The molecule has 0 spiro atoms. The average molecular weight is 943 g/mol. The highest BCUT2D eigenvalue weighted by Crippen LogP contribution is 2.22. The number of esters is 1. The highest BCUT2D eigenvalue weighted by Gasteiger charge is 2.44. The second-order valence-corrected chi connectivity index (χ2v) is 16.5. The molecule has 1 rings (SSSR count). The SMILES string of the molecule is CC/C=C\C/C=C\C/C=C\C/C=C\C/C=C\C/C=C\C/C=C\CCCCOCC(COC1OC(CO)C(O)C(O)C1O)OC(=O)CCCC/C=C\C/C=C\C/C=C\C/C=C\C/C=C\C/C=C\CC. The van der Waals surface area contributed by atoms with E-state index in [0.29, 0.717) is 13.0 Å². The topological polar surface area (TPSA) is 135 Å². The van der Waals surface area contributed by atoms with Crippen LogP contribution in [0.1, 0.15) is 142 Å². The first-order valence-electron chi connectivity index (χ1n) is 25.6. The molecule has 4 N–H and O–H groups in total. The van der Waals surface area contributed by atoms with Crippen molar-refractivity contribution in [2.24, 2.45) is 0 Å². The van der Waals surface area contributed by atoms with E-state index in [1.54, 1.807) is 0 Å². The number of unbranched alkanes of at least 4 members (excludes halogenated alkanes) is 4. The van der Waals surface area contributed by atoms with Crippen LogP contribution in [0.5, 0.6) is 0 Å². The van der Waals surface area contributed by atoms with Gasteiger partial charge in [0, 0.05) is 13.0 Å². The maximum absolute atomic E-state index is 12.8. The molecule has 1 heterocycles. The fourth-order valence-corrected chi connectivity index (χ4v) is 6.53. The van der Waals surface area contributed by atoms with Gasteiger partial charge >= 0.3 is 5.97 Å². The van der Waals surface area contributed by atoms with Gasteiger partial charge in [0.25, 0.3) is 0 Å². The number of ether oxygens (including phenoxy) is 4. The molecule has 1 aliphatic rings. The first-order chi connectivity index (χ1) is 33.4. The molecule has 6 unspecified atom stereocenters. The van der Waals surface area contributed by atoms with Gasteiger partial charge in [-0.1, -0.05) is 172 Å². The van der Waals surface area contributed by atoms with Crippen LogP contribution in [0, 0.1) is 0 Å². The lowest BCUT2D eigenvalue weighted by atomic mass is 9.99. The van der Waals surface area contributed by atoms with Gasteiger partial charge in [0.15, 0.2) is 6.29 Å². The van der Waals surface area contributed by atoms with Crippen LogP contribution in [0.25, 0.3) is 0 Å². The Morgan fingerprint density at radius 1 is 0.471 bits per heavy atom. The summed E-state index contributed by atoms with van der Waals surface area (Å²) in [5.41, 5.74) is 0. The van der Waals surface area contributed by atoms with Crippen LogP contribution < -0.4 is 0 Å². The van der Waals surface area contributed by atoms with E-state index in [1.807, 2.05) is 0 Å². The molecule has 1 aliphatic heterocycles. The van der Waals surface area contributed by atoms with E-state index >= 15 is 0 Å². The Morgan fingerprint density at radius 2 is 0.838 bits per heavy atom. The predicted molar refractivity (Wildman–Crippen MR) is 283 cm³/mol. The van der Waals surface area contributed by atoms with Crippen molar-refractivity contribution in [1.82, 2.24) is 0 Å². The van der Waals surface area contributed by atoms with Crippen molar-refractivity contribution in [2.75, 3.05) is 26.4 Å². The van der Waals surface area contributed by atoms with Crippen LogP contribution in [0.3, 0.4) is 0 Å². The lowest BCUT2D eigenvalue weighted by molar-refractivity contribution is -0.305. The zero-order valence-corrected chi connectivity index (χ0v) is 41.8. The summed E-state index contributed by atoms with van der Waals surface area (Å²) in [6.45, 7) is 4.12. The average Bonchev–Trinajstić information content (AvgIpc) is 3.34. The van der Waals surface area contributed by atoms with Crippen molar-refractivity contribution in [1.29, 1.82) is 0 Å². The Bertz CT molecular complexity index is 1590. The molecule has 0 aromatic rings. The fraction of sp³-hybridized carbons (Fsp3) is 0.542. The summed E-state index contributed by atoms with van der Waals surface area (Å²) in [5.74, 6) is -0.379. The number of aliphatic hydroxyl groups excluding tert-OH is 4.